The van der Waals surface area contributed by atoms with Crippen LogP contribution in [0.1, 0.15) is 24.0 Å². The molecule has 1 unspecified atom stereocenters. The van der Waals surface area contributed by atoms with Gasteiger partial charge in [-0.2, -0.15) is 0 Å². The first kappa shape index (κ1) is 15.8. The number of hydrogen-bond acceptors (Lipinski definition) is 3. The molecule has 5 heteroatoms. The van der Waals surface area contributed by atoms with Gasteiger partial charge in [0, 0.05) is 50.7 Å². The summed E-state index contributed by atoms with van der Waals surface area (Å²) in [5.41, 5.74) is 3.89. The van der Waals surface area contributed by atoms with Crippen LogP contribution < -0.4 is 10.2 Å². The zero-order valence-corrected chi connectivity index (χ0v) is 14.0. The maximum Gasteiger partial charge on any atom is 0.226 e. The standard InChI is InChI=1S/C18H25N3O2/c1-13-4-3-5-16(14(13)2)20-8-10-21(11-9-20)18(23)15-6-7-19-17(22)12-15/h3-5,15H,6-12H2,1-2H3,(H,19,22). The quantitative estimate of drug-likeness (QED) is 0.899. The third-order valence-corrected chi connectivity index (χ3v) is 5.10. The molecule has 2 heterocycles. The van der Waals surface area contributed by atoms with E-state index in [0.717, 1.165) is 32.6 Å². The predicted octanol–water partition coefficient (Wildman–Crippen LogP) is 1.48. The lowest BCUT2D eigenvalue weighted by Crippen LogP contribution is -2.52. The Morgan fingerprint density at radius 1 is 1.17 bits per heavy atom. The molecule has 23 heavy (non-hydrogen) atoms. The summed E-state index contributed by atoms with van der Waals surface area (Å²) in [6.07, 6.45) is 1.11. The minimum absolute atomic E-state index is 0.00335. The fourth-order valence-electron chi connectivity index (χ4n) is 3.50. The topological polar surface area (TPSA) is 52.6 Å². The number of carbonyl (C=O) groups excluding carboxylic acids is 2. The number of amides is 2. The number of carbonyl (C=O) groups is 2. The summed E-state index contributed by atoms with van der Waals surface area (Å²) < 4.78 is 0. The fourth-order valence-corrected chi connectivity index (χ4v) is 3.50. The van der Waals surface area contributed by atoms with Gasteiger partial charge >= 0.3 is 0 Å². The van der Waals surface area contributed by atoms with E-state index >= 15 is 0 Å². The number of aryl methyl sites for hydroxylation is 1. The van der Waals surface area contributed by atoms with E-state index < -0.39 is 0 Å². The third-order valence-electron chi connectivity index (χ3n) is 5.10. The van der Waals surface area contributed by atoms with Gasteiger partial charge in [-0.05, 0) is 37.5 Å². The molecular weight excluding hydrogens is 290 g/mol. The van der Waals surface area contributed by atoms with Gasteiger partial charge < -0.3 is 15.1 Å². The van der Waals surface area contributed by atoms with Crippen LogP contribution >= 0.6 is 0 Å². The Hall–Kier alpha value is -2.04. The van der Waals surface area contributed by atoms with Gasteiger partial charge in [0.2, 0.25) is 11.8 Å². The molecule has 0 aliphatic carbocycles. The van der Waals surface area contributed by atoms with E-state index in [9.17, 15) is 9.59 Å². The largest absolute Gasteiger partial charge is 0.368 e. The summed E-state index contributed by atoms with van der Waals surface area (Å²) in [5.74, 6) is 0.0279. The summed E-state index contributed by atoms with van der Waals surface area (Å²) >= 11 is 0. The van der Waals surface area contributed by atoms with Crippen LogP contribution in [0.5, 0.6) is 0 Å². The number of nitrogens with zero attached hydrogens (tertiary/aromatic N) is 2. The molecule has 2 fully saturated rings. The normalized spacial score (nSPS) is 22.0. The molecule has 1 N–H and O–H groups in total. The molecule has 0 radical (unpaired) electrons. The van der Waals surface area contributed by atoms with Gasteiger partial charge in [0.05, 0.1) is 0 Å². The van der Waals surface area contributed by atoms with Gasteiger partial charge in [0.25, 0.3) is 0 Å². The van der Waals surface area contributed by atoms with Crippen molar-refractivity contribution >= 4 is 17.5 Å². The van der Waals surface area contributed by atoms with Crippen molar-refractivity contribution < 1.29 is 9.59 Å². The molecule has 0 bridgehead atoms. The van der Waals surface area contributed by atoms with Gasteiger partial charge in [-0.3, -0.25) is 9.59 Å². The van der Waals surface area contributed by atoms with E-state index in [0.29, 0.717) is 13.0 Å². The highest BCUT2D eigenvalue weighted by Crippen LogP contribution is 2.25. The second kappa shape index (κ2) is 6.60. The molecule has 0 saturated carbocycles. The summed E-state index contributed by atoms with van der Waals surface area (Å²) in [5, 5.41) is 2.79. The van der Waals surface area contributed by atoms with E-state index in [-0.39, 0.29) is 17.7 Å². The van der Waals surface area contributed by atoms with Crippen LogP contribution in [0.2, 0.25) is 0 Å². The molecule has 1 aromatic rings. The lowest BCUT2D eigenvalue weighted by atomic mass is 9.95. The lowest BCUT2D eigenvalue weighted by molar-refractivity contribution is -0.140. The molecule has 124 valence electrons. The van der Waals surface area contributed by atoms with Crippen molar-refractivity contribution in [2.24, 2.45) is 5.92 Å². The SMILES string of the molecule is Cc1cccc(N2CCN(C(=O)C3CCNC(=O)C3)CC2)c1C. The summed E-state index contributed by atoms with van der Waals surface area (Å²) in [7, 11) is 0. The van der Waals surface area contributed by atoms with Gasteiger partial charge in [-0.25, -0.2) is 0 Å². The smallest absolute Gasteiger partial charge is 0.226 e. The average molecular weight is 315 g/mol. The summed E-state index contributed by atoms with van der Waals surface area (Å²) in [6, 6.07) is 6.38. The lowest BCUT2D eigenvalue weighted by Gasteiger charge is -2.38. The number of hydrogen-bond donors (Lipinski definition) is 1. The first-order valence-corrected chi connectivity index (χ1v) is 8.43. The number of piperazine rings is 1. The highest BCUT2D eigenvalue weighted by molar-refractivity contribution is 5.87. The molecule has 0 aromatic heterocycles. The number of nitrogens with one attached hydrogen (secondary N) is 1. The fraction of sp³-hybridized carbons (Fsp3) is 0.556. The molecule has 1 aromatic carbocycles. The zero-order valence-electron chi connectivity index (χ0n) is 14.0. The second-order valence-electron chi connectivity index (χ2n) is 6.57. The Morgan fingerprint density at radius 2 is 1.91 bits per heavy atom. The zero-order chi connectivity index (χ0) is 16.4. The van der Waals surface area contributed by atoms with Crippen LogP contribution in [0, 0.1) is 19.8 Å². The minimum Gasteiger partial charge on any atom is -0.368 e. The Kier molecular flexibility index (Phi) is 4.55. The van der Waals surface area contributed by atoms with Crippen molar-refractivity contribution in [3.63, 3.8) is 0 Å². The van der Waals surface area contributed by atoms with Crippen molar-refractivity contribution in [1.29, 1.82) is 0 Å². The van der Waals surface area contributed by atoms with E-state index in [1.54, 1.807) is 0 Å². The molecule has 1 atom stereocenters. The second-order valence-corrected chi connectivity index (χ2v) is 6.57. The number of benzene rings is 1. The number of anilines is 1. The molecule has 0 spiro atoms. The van der Waals surface area contributed by atoms with Crippen molar-refractivity contribution in [2.45, 2.75) is 26.7 Å². The van der Waals surface area contributed by atoms with Gasteiger partial charge in [0.1, 0.15) is 0 Å². The van der Waals surface area contributed by atoms with Crippen LogP contribution in [0.25, 0.3) is 0 Å². The first-order valence-electron chi connectivity index (χ1n) is 8.43. The van der Waals surface area contributed by atoms with E-state index in [2.05, 4.69) is 42.3 Å². The van der Waals surface area contributed by atoms with Gasteiger partial charge in [-0.15, -0.1) is 0 Å². The Morgan fingerprint density at radius 3 is 2.61 bits per heavy atom. The number of rotatable bonds is 2. The van der Waals surface area contributed by atoms with Gasteiger partial charge in [-0.1, -0.05) is 12.1 Å². The van der Waals surface area contributed by atoms with Crippen molar-refractivity contribution in [3.8, 4) is 0 Å². The van der Waals surface area contributed by atoms with Crippen LogP contribution in [0.15, 0.2) is 18.2 Å². The maximum absolute atomic E-state index is 12.6. The van der Waals surface area contributed by atoms with Crippen molar-refractivity contribution in [1.82, 2.24) is 10.2 Å². The number of piperidine rings is 1. The van der Waals surface area contributed by atoms with Crippen molar-refractivity contribution in [3.05, 3.63) is 29.3 Å². The Balaban J connectivity index is 1.61. The van der Waals surface area contributed by atoms with Crippen LogP contribution in [-0.4, -0.2) is 49.4 Å². The Labute approximate surface area is 137 Å². The maximum atomic E-state index is 12.6. The van der Waals surface area contributed by atoms with Gasteiger partial charge in [0.15, 0.2) is 0 Å². The summed E-state index contributed by atoms with van der Waals surface area (Å²) in [6.45, 7) is 8.10. The van der Waals surface area contributed by atoms with E-state index in [1.165, 1.54) is 16.8 Å². The van der Waals surface area contributed by atoms with E-state index in [1.807, 2.05) is 4.90 Å². The van der Waals surface area contributed by atoms with Crippen LogP contribution in [0.3, 0.4) is 0 Å². The molecular formula is C18H25N3O2. The minimum atomic E-state index is -0.129. The monoisotopic (exact) mass is 315 g/mol. The highest BCUT2D eigenvalue weighted by Gasteiger charge is 2.31. The highest BCUT2D eigenvalue weighted by atomic mass is 16.2. The average Bonchev–Trinajstić information content (AvgIpc) is 2.57. The molecule has 2 saturated heterocycles. The molecule has 5 nitrogen and oxygen atoms in total. The third kappa shape index (κ3) is 3.33. The van der Waals surface area contributed by atoms with Crippen LogP contribution in [-0.2, 0) is 9.59 Å². The van der Waals surface area contributed by atoms with Crippen LogP contribution in [0.4, 0.5) is 5.69 Å². The summed E-state index contributed by atoms with van der Waals surface area (Å²) in [4.78, 5) is 28.4. The molecule has 2 aliphatic rings. The molecule has 2 amide bonds. The molecule has 2 aliphatic heterocycles. The van der Waals surface area contributed by atoms with E-state index in [4.69, 9.17) is 0 Å². The Bertz CT molecular complexity index is 606. The van der Waals surface area contributed by atoms with Crippen molar-refractivity contribution in [2.75, 3.05) is 37.6 Å². The predicted molar refractivity (Wildman–Crippen MR) is 90.4 cm³/mol. The molecule has 3 rings (SSSR count). The first-order chi connectivity index (χ1) is 11.1.